The standard InChI is InChI=1S/C15H20N4O3/c1-10-13(11(2)19-15(18-10)16-9-17-19)5-6-14(20)22-8-12-4-3-7-21-12/h9,12H,3-8H2,1-2H3. The van der Waals surface area contributed by atoms with Crippen molar-refractivity contribution in [3.05, 3.63) is 23.3 Å². The first-order valence-corrected chi connectivity index (χ1v) is 7.58. The SMILES string of the molecule is Cc1nc2ncnn2c(C)c1CCC(=O)OCC1CCCO1. The van der Waals surface area contributed by atoms with Gasteiger partial charge in [-0.25, -0.2) is 9.50 Å². The van der Waals surface area contributed by atoms with Gasteiger partial charge >= 0.3 is 5.97 Å². The highest BCUT2D eigenvalue weighted by Crippen LogP contribution is 2.16. The normalized spacial score (nSPS) is 18.0. The molecule has 1 fully saturated rings. The van der Waals surface area contributed by atoms with E-state index in [0.29, 0.717) is 25.2 Å². The summed E-state index contributed by atoms with van der Waals surface area (Å²) >= 11 is 0. The van der Waals surface area contributed by atoms with E-state index in [2.05, 4.69) is 15.1 Å². The summed E-state index contributed by atoms with van der Waals surface area (Å²) in [5.74, 6) is 0.382. The molecule has 0 aliphatic carbocycles. The van der Waals surface area contributed by atoms with Gasteiger partial charge < -0.3 is 9.47 Å². The number of aryl methyl sites for hydroxylation is 2. The van der Waals surface area contributed by atoms with E-state index in [1.165, 1.54) is 6.33 Å². The van der Waals surface area contributed by atoms with Crippen molar-refractivity contribution in [3.8, 4) is 0 Å². The summed E-state index contributed by atoms with van der Waals surface area (Å²) in [5, 5.41) is 4.15. The Bertz CT molecular complexity index is 677. The molecule has 22 heavy (non-hydrogen) atoms. The minimum atomic E-state index is -0.201. The highest BCUT2D eigenvalue weighted by molar-refractivity contribution is 5.69. The van der Waals surface area contributed by atoms with Gasteiger partial charge in [0.25, 0.3) is 5.78 Å². The zero-order valence-electron chi connectivity index (χ0n) is 12.9. The fraction of sp³-hybridized carbons (Fsp3) is 0.600. The Morgan fingerprint density at radius 2 is 2.36 bits per heavy atom. The van der Waals surface area contributed by atoms with Crippen LogP contribution in [0.25, 0.3) is 5.78 Å². The number of nitrogens with zero attached hydrogens (tertiary/aromatic N) is 4. The smallest absolute Gasteiger partial charge is 0.306 e. The Balaban J connectivity index is 1.59. The van der Waals surface area contributed by atoms with Crippen molar-refractivity contribution in [2.75, 3.05) is 13.2 Å². The van der Waals surface area contributed by atoms with Crippen LogP contribution in [0.5, 0.6) is 0 Å². The summed E-state index contributed by atoms with van der Waals surface area (Å²) in [7, 11) is 0. The Kier molecular flexibility index (Phi) is 4.33. The molecule has 1 unspecified atom stereocenters. The van der Waals surface area contributed by atoms with E-state index in [-0.39, 0.29) is 12.1 Å². The molecule has 0 bridgehead atoms. The van der Waals surface area contributed by atoms with Crippen LogP contribution >= 0.6 is 0 Å². The predicted octanol–water partition coefficient (Wildman–Crippen LogP) is 1.40. The minimum Gasteiger partial charge on any atom is -0.463 e. The van der Waals surface area contributed by atoms with Gasteiger partial charge in [-0.05, 0) is 38.7 Å². The molecule has 0 N–H and O–H groups in total. The third-order valence-electron chi connectivity index (χ3n) is 4.02. The van der Waals surface area contributed by atoms with E-state index in [1.54, 1.807) is 4.52 Å². The number of ether oxygens (including phenoxy) is 2. The molecule has 3 heterocycles. The maximum Gasteiger partial charge on any atom is 0.306 e. The van der Waals surface area contributed by atoms with E-state index in [4.69, 9.17) is 9.47 Å². The molecule has 1 aliphatic heterocycles. The van der Waals surface area contributed by atoms with Crippen LogP contribution in [0.3, 0.4) is 0 Å². The van der Waals surface area contributed by atoms with Gasteiger partial charge in [0, 0.05) is 24.4 Å². The number of fused-ring (bicyclic) bond motifs is 1. The molecule has 118 valence electrons. The first kappa shape index (κ1) is 14.9. The molecule has 7 nitrogen and oxygen atoms in total. The second kappa shape index (κ2) is 6.39. The van der Waals surface area contributed by atoms with Crippen LogP contribution < -0.4 is 0 Å². The fourth-order valence-corrected chi connectivity index (χ4v) is 2.78. The summed E-state index contributed by atoms with van der Waals surface area (Å²) in [6.45, 7) is 5.01. The van der Waals surface area contributed by atoms with Crippen molar-refractivity contribution in [2.45, 2.75) is 45.6 Å². The number of rotatable bonds is 5. The molecule has 3 rings (SSSR count). The molecule has 0 radical (unpaired) electrons. The Morgan fingerprint density at radius 1 is 1.50 bits per heavy atom. The second-order valence-electron chi connectivity index (χ2n) is 5.55. The number of hydrogen-bond donors (Lipinski definition) is 0. The van der Waals surface area contributed by atoms with Crippen molar-refractivity contribution in [1.29, 1.82) is 0 Å². The van der Waals surface area contributed by atoms with Crippen LogP contribution in [-0.2, 0) is 20.7 Å². The molecule has 1 aliphatic rings. The maximum atomic E-state index is 11.9. The lowest BCUT2D eigenvalue weighted by atomic mass is 10.1. The first-order valence-electron chi connectivity index (χ1n) is 7.58. The van der Waals surface area contributed by atoms with Crippen molar-refractivity contribution in [3.63, 3.8) is 0 Å². The van der Waals surface area contributed by atoms with Crippen molar-refractivity contribution >= 4 is 11.7 Å². The van der Waals surface area contributed by atoms with Crippen LogP contribution in [0.15, 0.2) is 6.33 Å². The van der Waals surface area contributed by atoms with Gasteiger partial charge in [0.15, 0.2) is 0 Å². The zero-order valence-corrected chi connectivity index (χ0v) is 12.9. The molecule has 2 aromatic rings. The summed E-state index contributed by atoms with van der Waals surface area (Å²) in [5.41, 5.74) is 2.86. The molecule has 1 saturated heterocycles. The van der Waals surface area contributed by atoms with E-state index >= 15 is 0 Å². The average molecular weight is 304 g/mol. The van der Waals surface area contributed by atoms with Crippen LogP contribution in [0.1, 0.15) is 36.2 Å². The topological polar surface area (TPSA) is 78.6 Å². The molecule has 0 aromatic carbocycles. The van der Waals surface area contributed by atoms with Crippen LogP contribution in [0, 0.1) is 13.8 Å². The molecule has 0 spiro atoms. The first-order chi connectivity index (χ1) is 10.6. The zero-order chi connectivity index (χ0) is 15.5. The van der Waals surface area contributed by atoms with E-state index < -0.39 is 0 Å². The summed E-state index contributed by atoms with van der Waals surface area (Å²) in [6, 6.07) is 0. The lowest BCUT2D eigenvalue weighted by Gasteiger charge is -2.12. The monoisotopic (exact) mass is 304 g/mol. The summed E-state index contributed by atoms with van der Waals surface area (Å²) in [4.78, 5) is 20.4. The number of aromatic nitrogens is 4. The molecule has 0 amide bonds. The summed E-state index contributed by atoms with van der Waals surface area (Å²) in [6.07, 6.45) is 4.48. The van der Waals surface area contributed by atoms with Crippen LogP contribution in [0.4, 0.5) is 0 Å². The maximum absolute atomic E-state index is 11.9. The molecular formula is C15H20N4O3. The largest absolute Gasteiger partial charge is 0.463 e. The van der Waals surface area contributed by atoms with E-state index in [9.17, 15) is 4.79 Å². The average Bonchev–Trinajstić information content (AvgIpc) is 3.15. The predicted molar refractivity (Wildman–Crippen MR) is 78.5 cm³/mol. The molecule has 0 saturated carbocycles. The van der Waals surface area contributed by atoms with E-state index in [1.807, 2.05) is 13.8 Å². The van der Waals surface area contributed by atoms with Crippen molar-refractivity contribution in [2.24, 2.45) is 0 Å². The number of esters is 1. The molecular weight excluding hydrogens is 284 g/mol. The third kappa shape index (κ3) is 3.09. The second-order valence-corrected chi connectivity index (χ2v) is 5.55. The number of hydrogen-bond acceptors (Lipinski definition) is 6. The number of carbonyl (C=O) groups excluding carboxylic acids is 1. The molecule has 2 aromatic heterocycles. The molecule has 7 heteroatoms. The highest BCUT2D eigenvalue weighted by atomic mass is 16.6. The van der Waals surface area contributed by atoms with Gasteiger partial charge in [-0.3, -0.25) is 4.79 Å². The third-order valence-corrected chi connectivity index (χ3v) is 4.02. The lowest BCUT2D eigenvalue weighted by Crippen LogP contribution is -2.18. The van der Waals surface area contributed by atoms with Crippen molar-refractivity contribution in [1.82, 2.24) is 19.6 Å². The van der Waals surface area contributed by atoms with Crippen LogP contribution in [0.2, 0.25) is 0 Å². The lowest BCUT2D eigenvalue weighted by molar-refractivity contribution is -0.146. The van der Waals surface area contributed by atoms with Gasteiger partial charge in [0.2, 0.25) is 0 Å². The molecule has 1 atom stereocenters. The van der Waals surface area contributed by atoms with Gasteiger partial charge in [-0.1, -0.05) is 0 Å². The van der Waals surface area contributed by atoms with Gasteiger partial charge in [0.05, 0.1) is 6.10 Å². The summed E-state index contributed by atoms with van der Waals surface area (Å²) < 4.78 is 12.4. The van der Waals surface area contributed by atoms with Crippen molar-refractivity contribution < 1.29 is 14.3 Å². The Labute approximate surface area is 128 Å². The van der Waals surface area contributed by atoms with Gasteiger partial charge in [-0.15, -0.1) is 0 Å². The Morgan fingerprint density at radius 3 is 3.14 bits per heavy atom. The van der Waals surface area contributed by atoms with Gasteiger partial charge in [-0.2, -0.15) is 10.1 Å². The minimum absolute atomic E-state index is 0.0700. The van der Waals surface area contributed by atoms with Gasteiger partial charge in [0.1, 0.15) is 12.9 Å². The highest BCUT2D eigenvalue weighted by Gasteiger charge is 2.18. The number of carbonyl (C=O) groups is 1. The van der Waals surface area contributed by atoms with Crippen LogP contribution in [-0.4, -0.2) is 44.9 Å². The Hall–Kier alpha value is -2.02. The fourth-order valence-electron chi connectivity index (χ4n) is 2.78. The van der Waals surface area contributed by atoms with E-state index in [0.717, 1.165) is 36.4 Å². The quantitative estimate of drug-likeness (QED) is 0.777.